The molecule has 0 aromatic rings. The number of rotatable bonds is 6. The molecule has 2 saturated carbocycles. The third kappa shape index (κ3) is 6.66. The summed E-state index contributed by atoms with van der Waals surface area (Å²) < 4.78 is 28.0. The summed E-state index contributed by atoms with van der Waals surface area (Å²) in [6.45, 7) is 1.05. The average Bonchev–Trinajstić information content (AvgIpc) is 2.95. The second-order valence-corrected chi connectivity index (χ2v) is 12.7. The molecule has 0 spiro atoms. The summed E-state index contributed by atoms with van der Waals surface area (Å²) in [4.78, 5) is 0. The molecule has 0 amide bonds. The van der Waals surface area contributed by atoms with E-state index >= 15 is 0 Å². The molecule has 5 rings (SSSR count). The van der Waals surface area contributed by atoms with Gasteiger partial charge in [0, 0.05) is 18.8 Å². The fourth-order valence-corrected chi connectivity index (χ4v) is 7.18. The average molecular weight is 612 g/mol. The lowest BCUT2D eigenvalue weighted by Crippen LogP contribution is -2.63. The fourth-order valence-electron chi connectivity index (χ4n) is 7.18. The van der Waals surface area contributed by atoms with Gasteiger partial charge in [-0.25, -0.2) is 0 Å². The largest absolute Gasteiger partial charge is 0.427 e. The van der Waals surface area contributed by atoms with Crippen LogP contribution < -0.4 is 0 Å². The van der Waals surface area contributed by atoms with Crippen LogP contribution in [0.25, 0.3) is 0 Å². The van der Waals surface area contributed by atoms with E-state index in [1.165, 1.54) is 6.92 Å². The van der Waals surface area contributed by atoms with Gasteiger partial charge in [0.25, 0.3) is 0 Å². The summed E-state index contributed by atoms with van der Waals surface area (Å²) in [5.41, 5.74) is 0. The van der Waals surface area contributed by atoms with Crippen molar-refractivity contribution in [2.75, 3.05) is 6.61 Å². The molecule has 0 radical (unpaired) electrons. The van der Waals surface area contributed by atoms with E-state index in [1.807, 2.05) is 0 Å². The van der Waals surface area contributed by atoms with Gasteiger partial charge in [0.05, 0.1) is 43.0 Å². The first-order valence-electron chi connectivity index (χ1n) is 14.9. The van der Waals surface area contributed by atoms with Crippen LogP contribution in [0.5, 0.6) is 0 Å². The Morgan fingerprint density at radius 1 is 0.667 bits per heavy atom. The normalized spacial score (nSPS) is 55.6. The Balaban J connectivity index is 1.29. The molecule has 0 aromatic carbocycles. The SMILES string of the molecule is C[C@H]1O[C@@H](OC[C@H]2O[C@@H](OC3CC4C(O)CC(O)CC4[OH+]C3C3CCC(O)C(O)C3)[C@H](O)[C@@H](O)[C@@H]2O)[C@H](O)[C@@H](O)[C@@H]1O. The zero-order valence-corrected chi connectivity index (χ0v) is 23.5. The monoisotopic (exact) mass is 611 g/mol. The molecule has 15 heteroatoms. The van der Waals surface area contributed by atoms with Gasteiger partial charge in [-0.05, 0) is 32.6 Å². The lowest BCUT2D eigenvalue weighted by molar-refractivity contribution is -0.362. The summed E-state index contributed by atoms with van der Waals surface area (Å²) >= 11 is 0. The first kappa shape index (κ1) is 32.8. The summed E-state index contributed by atoms with van der Waals surface area (Å²) in [7, 11) is 0. The summed E-state index contributed by atoms with van der Waals surface area (Å²) in [5.74, 6) is -0.535. The van der Waals surface area contributed by atoms with Crippen LogP contribution >= 0.6 is 0 Å². The van der Waals surface area contributed by atoms with Crippen molar-refractivity contribution in [2.45, 2.75) is 150 Å². The van der Waals surface area contributed by atoms with E-state index in [1.54, 1.807) is 0 Å². The Labute approximate surface area is 243 Å². The van der Waals surface area contributed by atoms with Gasteiger partial charge in [0.1, 0.15) is 48.8 Å². The van der Waals surface area contributed by atoms with Crippen molar-refractivity contribution in [3.8, 4) is 0 Å². The van der Waals surface area contributed by atoms with Gasteiger partial charge in [0.15, 0.2) is 24.8 Å². The molecule has 5 fully saturated rings. The van der Waals surface area contributed by atoms with E-state index in [4.69, 9.17) is 23.7 Å². The van der Waals surface area contributed by atoms with Crippen LogP contribution in [0.1, 0.15) is 45.4 Å². The number of ether oxygens (including phenoxy) is 5. The molecule has 3 aliphatic heterocycles. The van der Waals surface area contributed by atoms with Gasteiger partial charge >= 0.3 is 0 Å². The van der Waals surface area contributed by atoms with Gasteiger partial charge in [-0.15, -0.1) is 0 Å². The maximum absolute atomic E-state index is 10.8. The molecular weight excluding hydrogens is 564 g/mol. The standard InChI is InChI=1S/C27H46O15/c1-9-19(32)21(34)23(36)26(39-9)38-8-18-20(33)22(35)24(37)27(42-18)41-17-7-12-14(30)5-11(28)6-16(12)40-25(17)10-2-3-13(29)15(31)4-10/h9-37H,2-8H2,1H3/p+1/t9-,10?,11?,12?,13?,14?,15?,16?,17?,18-,19-,20-,21+,22+,23-,24-,25?,26-,27-/m1/s1. The highest BCUT2D eigenvalue weighted by molar-refractivity contribution is 4.98. The number of aliphatic hydroxyl groups is 12. The Morgan fingerprint density at radius 2 is 1.36 bits per heavy atom. The van der Waals surface area contributed by atoms with E-state index in [0.717, 1.165) is 0 Å². The molecule has 0 bridgehead atoms. The second-order valence-electron chi connectivity index (χ2n) is 12.7. The van der Waals surface area contributed by atoms with Crippen molar-refractivity contribution in [1.82, 2.24) is 0 Å². The Morgan fingerprint density at radius 3 is 2.07 bits per heavy atom. The summed E-state index contributed by atoms with van der Waals surface area (Å²) in [6.07, 6.45) is -17.3. The zero-order chi connectivity index (χ0) is 30.5. The first-order chi connectivity index (χ1) is 19.8. The molecule has 244 valence electrons. The topological polar surface area (TPSA) is 252 Å². The number of aliphatic hydroxyl groups excluding tert-OH is 10. The minimum atomic E-state index is -1.70. The molecule has 5 aliphatic rings. The minimum absolute atomic E-state index is 0.189. The fraction of sp³-hybridized carbons (Fsp3) is 1.00. The van der Waals surface area contributed by atoms with Crippen molar-refractivity contribution in [1.29, 1.82) is 0 Å². The first-order valence-corrected chi connectivity index (χ1v) is 14.9. The molecule has 3 heterocycles. The predicted molar refractivity (Wildman–Crippen MR) is 138 cm³/mol. The van der Waals surface area contributed by atoms with Crippen molar-refractivity contribution in [3.05, 3.63) is 0 Å². The molecule has 15 nitrogen and oxygen atoms in total. The molecule has 11 N–H and O–H groups in total. The van der Waals surface area contributed by atoms with Crippen LogP contribution in [0.2, 0.25) is 0 Å². The van der Waals surface area contributed by atoms with Crippen LogP contribution in [-0.2, 0) is 18.9 Å². The zero-order valence-electron chi connectivity index (χ0n) is 23.5. The van der Waals surface area contributed by atoms with Gasteiger partial charge in [-0.1, -0.05) is 0 Å². The summed E-state index contributed by atoms with van der Waals surface area (Å²) in [6, 6.07) is 0. The molecule has 2 aliphatic carbocycles. The lowest BCUT2D eigenvalue weighted by atomic mass is 9.72. The number of hydrogen-bond acceptors (Lipinski definition) is 14. The second kappa shape index (κ2) is 13.4. The maximum Gasteiger partial charge on any atom is 0.187 e. The number of fused-ring (bicyclic) bond motifs is 1. The van der Waals surface area contributed by atoms with Gasteiger partial charge in [-0.2, -0.15) is 0 Å². The molecular formula is C27H47O15+. The van der Waals surface area contributed by atoms with Crippen LogP contribution in [0.15, 0.2) is 0 Å². The summed E-state index contributed by atoms with van der Waals surface area (Å²) in [5, 5.41) is 104. The van der Waals surface area contributed by atoms with Gasteiger partial charge in [0.2, 0.25) is 0 Å². The third-order valence-corrected chi connectivity index (χ3v) is 9.78. The van der Waals surface area contributed by atoms with Crippen molar-refractivity contribution in [2.24, 2.45) is 11.8 Å². The molecule has 42 heavy (non-hydrogen) atoms. The van der Waals surface area contributed by atoms with E-state index in [2.05, 4.69) is 0 Å². The third-order valence-electron chi connectivity index (χ3n) is 9.78. The molecule has 9 unspecified atom stereocenters. The highest BCUT2D eigenvalue weighted by Crippen LogP contribution is 2.42. The molecule has 19 atom stereocenters. The van der Waals surface area contributed by atoms with Crippen molar-refractivity contribution < 1.29 is 74.7 Å². The maximum atomic E-state index is 10.8. The minimum Gasteiger partial charge on any atom is -0.427 e. The Kier molecular flexibility index (Phi) is 10.5. The quantitative estimate of drug-likeness (QED) is 0.127. The highest BCUT2D eigenvalue weighted by Gasteiger charge is 2.55. The smallest absolute Gasteiger partial charge is 0.187 e. The van der Waals surface area contributed by atoms with Gasteiger partial charge in [-0.3, -0.25) is 0 Å². The van der Waals surface area contributed by atoms with E-state index in [0.29, 0.717) is 25.7 Å². The lowest BCUT2D eigenvalue weighted by Gasteiger charge is -2.48. The number of hydrogen-bond donors (Lipinski definition) is 10. The van der Waals surface area contributed by atoms with Crippen LogP contribution in [0.3, 0.4) is 0 Å². The Bertz CT molecular complexity index is 882. The van der Waals surface area contributed by atoms with Crippen molar-refractivity contribution in [3.63, 3.8) is 0 Å². The van der Waals surface area contributed by atoms with Crippen molar-refractivity contribution >= 4 is 0 Å². The predicted octanol–water partition coefficient (Wildman–Crippen LogP) is -4.65. The molecule has 0 aromatic heterocycles. The van der Waals surface area contributed by atoms with Crippen LogP contribution in [0.4, 0.5) is 0 Å². The Hall–Kier alpha value is -0.600. The van der Waals surface area contributed by atoms with Crippen LogP contribution in [0, 0.1) is 11.8 Å². The van der Waals surface area contributed by atoms with E-state index in [9.17, 15) is 51.1 Å². The highest BCUT2D eigenvalue weighted by atomic mass is 16.7. The van der Waals surface area contributed by atoms with E-state index < -0.39 is 105 Å². The molecule has 3 saturated heterocycles. The van der Waals surface area contributed by atoms with Crippen LogP contribution in [-0.4, -0.2) is 167 Å². The van der Waals surface area contributed by atoms with Gasteiger partial charge < -0.3 is 74.7 Å². The van der Waals surface area contributed by atoms with E-state index in [-0.39, 0.29) is 30.8 Å².